The second kappa shape index (κ2) is 7.80. The van der Waals surface area contributed by atoms with Crippen LogP contribution >= 0.6 is 11.6 Å². The Morgan fingerprint density at radius 3 is 2.63 bits per heavy atom. The number of fused-ring (bicyclic) bond motifs is 1. The van der Waals surface area contributed by atoms with Crippen LogP contribution in [-0.2, 0) is 6.54 Å². The van der Waals surface area contributed by atoms with Gasteiger partial charge in [0.15, 0.2) is 5.78 Å². The van der Waals surface area contributed by atoms with Gasteiger partial charge < -0.3 is 9.47 Å². The van der Waals surface area contributed by atoms with Gasteiger partial charge in [-0.2, -0.15) is 0 Å². The number of pyridine rings is 1. The second-order valence-corrected chi connectivity index (χ2v) is 7.57. The third kappa shape index (κ3) is 4.05. The molecule has 0 unspecified atom stereocenters. The molecule has 1 aliphatic rings. The molecule has 3 heterocycles. The number of halogens is 1. The number of ketones is 1. The molecule has 0 saturated carbocycles. The average molecular weight is 383 g/mol. The summed E-state index contributed by atoms with van der Waals surface area (Å²) in [6, 6.07) is 11.9. The van der Waals surface area contributed by atoms with Crippen molar-refractivity contribution < 1.29 is 4.79 Å². The maximum absolute atomic E-state index is 13.0. The molecule has 140 valence electrons. The molecule has 0 radical (unpaired) electrons. The highest BCUT2D eigenvalue weighted by atomic mass is 35.5. The van der Waals surface area contributed by atoms with Crippen molar-refractivity contribution in [1.29, 1.82) is 0 Å². The number of hydrogen-bond donors (Lipinski definition) is 0. The van der Waals surface area contributed by atoms with Crippen molar-refractivity contribution in [2.45, 2.75) is 6.54 Å². The maximum atomic E-state index is 13.0. The van der Waals surface area contributed by atoms with E-state index in [2.05, 4.69) is 32.5 Å². The Hall–Kier alpha value is -2.21. The molecule has 1 aromatic carbocycles. The zero-order valence-electron chi connectivity index (χ0n) is 15.4. The number of aromatic nitrogens is 2. The molecule has 1 saturated heterocycles. The Bertz CT molecular complexity index is 942. The molecule has 4 rings (SSSR count). The summed E-state index contributed by atoms with van der Waals surface area (Å²) in [7, 11) is 2.12. The van der Waals surface area contributed by atoms with Crippen LogP contribution in [0.2, 0.25) is 5.15 Å². The summed E-state index contributed by atoms with van der Waals surface area (Å²) < 4.78 is 2.12. The van der Waals surface area contributed by atoms with Crippen LogP contribution in [0.4, 0.5) is 0 Å². The van der Waals surface area contributed by atoms with E-state index < -0.39 is 0 Å². The molecule has 1 aliphatic heterocycles. The molecule has 27 heavy (non-hydrogen) atoms. The third-order valence-electron chi connectivity index (χ3n) is 5.19. The summed E-state index contributed by atoms with van der Waals surface area (Å²) in [5.74, 6) is 0.184. The first-order valence-corrected chi connectivity index (χ1v) is 9.60. The molecule has 5 nitrogen and oxygen atoms in total. The molecular weight excluding hydrogens is 360 g/mol. The Balaban J connectivity index is 1.59. The first-order valence-electron chi connectivity index (χ1n) is 9.22. The molecule has 0 atom stereocenters. The van der Waals surface area contributed by atoms with Gasteiger partial charge in [0.1, 0.15) is 5.15 Å². The maximum Gasteiger partial charge on any atom is 0.178 e. The van der Waals surface area contributed by atoms with Gasteiger partial charge in [-0.15, -0.1) is 0 Å². The number of piperazine rings is 1. The highest BCUT2D eigenvalue weighted by molar-refractivity contribution is 6.29. The standard InChI is InChI=1S/C21H23ClN4O/c1-24-8-10-25(11-9-24)15-20(27)18-14-26(19-5-3-2-4-17(18)19)13-16-6-7-21(22)23-12-16/h2-7,12,14H,8-11,13,15H2,1H3. The van der Waals surface area contributed by atoms with Crippen LogP contribution in [0.1, 0.15) is 15.9 Å². The van der Waals surface area contributed by atoms with Gasteiger partial charge in [0.25, 0.3) is 0 Å². The predicted molar refractivity (Wildman–Crippen MR) is 109 cm³/mol. The average Bonchev–Trinajstić information content (AvgIpc) is 3.04. The van der Waals surface area contributed by atoms with Crippen LogP contribution in [0, 0.1) is 0 Å². The van der Waals surface area contributed by atoms with Crippen LogP contribution in [0.15, 0.2) is 48.8 Å². The summed E-state index contributed by atoms with van der Waals surface area (Å²) >= 11 is 5.89. The monoisotopic (exact) mass is 382 g/mol. The van der Waals surface area contributed by atoms with E-state index in [1.165, 1.54) is 0 Å². The lowest BCUT2D eigenvalue weighted by Crippen LogP contribution is -2.46. The van der Waals surface area contributed by atoms with E-state index in [4.69, 9.17) is 11.6 Å². The van der Waals surface area contributed by atoms with Crippen molar-refractivity contribution in [3.8, 4) is 0 Å². The quantitative estimate of drug-likeness (QED) is 0.502. The number of hydrogen-bond acceptors (Lipinski definition) is 4. The topological polar surface area (TPSA) is 41.4 Å². The number of nitrogens with zero attached hydrogens (tertiary/aromatic N) is 4. The van der Waals surface area contributed by atoms with Gasteiger partial charge in [-0.3, -0.25) is 9.69 Å². The summed E-state index contributed by atoms with van der Waals surface area (Å²) in [5, 5.41) is 1.50. The molecule has 0 N–H and O–H groups in total. The molecule has 0 bridgehead atoms. The molecule has 1 fully saturated rings. The Labute approximate surface area is 164 Å². The largest absolute Gasteiger partial charge is 0.342 e. The molecule has 0 amide bonds. The van der Waals surface area contributed by atoms with Crippen LogP contribution in [0.5, 0.6) is 0 Å². The molecular formula is C21H23ClN4O. The number of carbonyl (C=O) groups is 1. The Morgan fingerprint density at radius 1 is 1.11 bits per heavy atom. The lowest BCUT2D eigenvalue weighted by molar-refractivity contribution is 0.0878. The lowest BCUT2D eigenvalue weighted by Gasteiger charge is -2.31. The SMILES string of the molecule is CN1CCN(CC(=O)c2cn(Cc3ccc(Cl)nc3)c3ccccc23)CC1. The van der Waals surface area contributed by atoms with Crippen molar-refractivity contribution in [3.63, 3.8) is 0 Å². The van der Waals surface area contributed by atoms with Crippen molar-refractivity contribution in [2.75, 3.05) is 39.8 Å². The fourth-order valence-electron chi connectivity index (χ4n) is 3.59. The molecule has 0 aliphatic carbocycles. The minimum absolute atomic E-state index is 0.184. The first kappa shape index (κ1) is 18.2. The van der Waals surface area contributed by atoms with Crippen LogP contribution in [-0.4, -0.2) is 64.9 Å². The van der Waals surface area contributed by atoms with E-state index in [0.717, 1.165) is 48.2 Å². The highest BCUT2D eigenvalue weighted by Gasteiger charge is 2.20. The summed E-state index contributed by atoms with van der Waals surface area (Å²) in [6.07, 6.45) is 3.76. The Morgan fingerprint density at radius 2 is 1.89 bits per heavy atom. The summed E-state index contributed by atoms with van der Waals surface area (Å²) in [6.45, 7) is 5.04. The van der Waals surface area contributed by atoms with Crippen LogP contribution < -0.4 is 0 Å². The molecule has 6 heteroatoms. The molecule has 2 aromatic heterocycles. The summed E-state index contributed by atoms with van der Waals surface area (Å²) in [4.78, 5) is 21.7. The Kier molecular flexibility index (Phi) is 5.25. The zero-order chi connectivity index (χ0) is 18.8. The molecule has 3 aromatic rings. The van der Waals surface area contributed by atoms with Gasteiger partial charge in [0.05, 0.1) is 6.54 Å². The van der Waals surface area contributed by atoms with Crippen molar-refractivity contribution in [1.82, 2.24) is 19.4 Å². The minimum atomic E-state index is 0.184. The number of benzene rings is 1. The van der Waals surface area contributed by atoms with E-state index in [-0.39, 0.29) is 5.78 Å². The van der Waals surface area contributed by atoms with Crippen molar-refractivity contribution in [3.05, 3.63) is 65.1 Å². The number of Topliss-reactive ketones (excluding diaryl/α,β-unsaturated/α-hetero) is 1. The highest BCUT2D eigenvalue weighted by Crippen LogP contribution is 2.23. The minimum Gasteiger partial charge on any atom is -0.342 e. The number of rotatable bonds is 5. The number of likely N-dealkylation sites (N-methyl/N-ethyl adjacent to an activating group) is 1. The normalized spacial score (nSPS) is 16.1. The van der Waals surface area contributed by atoms with Crippen LogP contribution in [0.3, 0.4) is 0 Å². The van der Waals surface area contributed by atoms with Gasteiger partial charge >= 0.3 is 0 Å². The smallest absolute Gasteiger partial charge is 0.178 e. The van der Waals surface area contributed by atoms with Crippen LogP contribution in [0.25, 0.3) is 10.9 Å². The molecule has 0 spiro atoms. The van der Waals surface area contributed by atoms with E-state index in [9.17, 15) is 4.79 Å². The third-order valence-corrected chi connectivity index (χ3v) is 5.42. The fraction of sp³-hybridized carbons (Fsp3) is 0.333. The number of carbonyl (C=O) groups excluding carboxylic acids is 1. The predicted octanol–water partition coefficient (Wildman–Crippen LogP) is 3.17. The summed E-state index contributed by atoms with van der Waals surface area (Å²) in [5.41, 5.74) is 2.92. The number of para-hydroxylation sites is 1. The first-order chi connectivity index (χ1) is 13.1. The van der Waals surface area contributed by atoms with Crippen molar-refractivity contribution >= 4 is 28.3 Å². The van der Waals surface area contributed by atoms with E-state index in [0.29, 0.717) is 18.2 Å². The fourth-order valence-corrected chi connectivity index (χ4v) is 3.70. The zero-order valence-corrected chi connectivity index (χ0v) is 16.2. The van der Waals surface area contributed by atoms with Gasteiger partial charge in [-0.25, -0.2) is 4.98 Å². The van der Waals surface area contributed by atoms with Gasteiger partial charge in [-0.1, -0.05) is 35.9 Å². The second-order valence-electron chi connectivity index (χ2n) is 7.18. The lowest BCUT2D eigenvalue weighted by atomic mass is 10.1. The van der Waals surface area contributed by atoms with E-state index in [1.54, 1.807) is 12.3 Å². The van der Waals surface area contributed by atoms with Gasteiger partial charge in [-0.05, 0) is 24.7 Å². The van der Waals surface area contributed by atoms with E-state index >= 15 is 0 Å². The van der Waals surface area contributed by atoms with E-state index in [1.807, 2.05) is 30.5 Å². The van der Waals surface area contributed by atoms with Gasteiger partial charge in [0.2, 0.25) is 0 Å². The van der Waals surface area contributed by atoms with Gasteiger partial charge in [0, 0.05) is 61.6 Å². The van der Waals surface area contributed by atoms with Crippen molar-refractivity contribution in [2.24, 2.45) is 0 Å².